The lowest BCUT2D eigenvalue weighted by Gasteiger charge is -2.44. The van der Waals surface area contributed by atoms with E-state index >= 15 is 0 Å². The lowest BCUT2D eigenvalue weighted by atomic mass is 10.1. The van der Waals surface area contributed by atoms with Crippen LogP contribution in [0.25, 0.3) is 22.4 Å². The van der Waals surface area contributed by atoms with Crippen LogP contribution in [0.4, 0.5) is 0 Å². The predicted octanol–water partition coefficient (Wildman–Crippen LogP) is 8.59. The van der Waals surface area contributed by atoms with Crippen LogP contribution in [0.15, 0.2) is 35.6 Å². The van der Waals surface area contributed by atoms with Crippen molar-refractivity contribution in [3.8, 4) is 11.3 Å². The lowest BCUT2D eigenvalue weighted by Crippen LogP contribution is -2.54. The number of halogens is 1. The van der Waals surface area contributed by atoms with Crippen LogP contribution in [0, 0.1) is 5.21 Å². The van der Waals surface area contributed by atoms with Crippen molar-refractivity contribution in [2.24, 2.45) is 0 Å². The summed E-state index contributed by atoms with van der Waals surface area (Å²) in [6.07, 6.45) is 2.79. The van der Waals surface area contributed by atoms with E-state index in [1.165, 1.54) is 6.33 Å². The Bertz CT molecular complexity index is 1580. The van der Waals surface area contributed by atoms with Crippen molar-refractivity contribution in [1.82, 2.24) is 19.5 Å². The standard InChI is InChI=1S/C33H56BrN5O5Si3/c1-31(2,3)45(10,11)41-19-23-26(43-46(12,13)32(4,5)6)27(44-47(14,15)33(7,8)9)30(42-23)38-20-36-24-25(39(40)21-37-29(24)38)22-17-16-18-35-28(22)34/h16-18,20-21,23,26-27,30H,19H2,1-15H3/t23-,26-,27-,30-/m1/s1. The Morgan fingerprint density at radius 2 is 1.40 bits per heavy atom. The maximum Gasteiger partial charge on any atom is 0.292 e. The number of hydrogen-bond donors (Lipinski definition) is 0. The topological polar surface area (TPSA) is 107 Å². The van der Waals surface area contributed by atoms with Crippen LogP contribution >= 0.6 is 15.9 Å². The van der Waals surface area contributed by atoms with Gasteiger partial charge in [-0.25, -0.2) is 14.7 Å². The Labute approximate surface area is 293 Å². The van der Waals surface area contributed by atoms with E-state index in [1.54, 1.807) is 18.6 Å². The summed E-state index contributed by atoms with van der Waals surface area (Å²) in [7, 11) is -6.78. The highest BCUT2D eigenvalue weighted by molar-refractivity contribution is 9.10. The van der Waals surface area contributed by atoms with E-state index in [9.17, 15) is 5.21 Å². The fourth-order valence-electron chi connectivity index (χ4n) is 4.79. The summed E-state index contributed by atoms with van der Waals surface area (Å²) in [5, 5.41) is 13.1. The first-order valence-electron chi connectivity index (χ1n) is 16.5. The minimum atomic E-state index is -2.35. The Morgan fingerprint density at radius 1 is 0.851 bits per heavy atom. The van der Waals surface area contributed by atoms with Gasteiger partial charge >= 0.3 is 0 Å². The SMILES string of the molecule is CC(C)(C)[Si](C)(C)OC[C@H]1O[C@@H](n2cnc3c(-c4cccnc4Br)[n+]([O-])cnc32)[C@H](O[Si](C)(C)C(C)(C)C)[C@@H]1O[Si](C)(C)C(C)(C)C. The van der Waals surface area contributed by atoms with Gasteiger partial charge in [0.1, 0.15) is 29.2 Å². The van der Waals surface area contributed by atoms with Crippen molar-refractivity contribution in [2.45, 2.75) is 141 Å². The molecule has 0 aliphatic carbocycles. The van der Waals surface area contributed by atoms with E-state index in [4.69, 9.17) is 23.0 Å². The third-order valence-corrected chi connectivity index (χ3v) is 25.0. The van der Waals surface area contributed by atoms with Gasteiger partial charge in [-0.2, -0.15) is 0 Å². The van der Waals surface area contributed by atoms with Crippen LogP contribution < -0.4 is 4.73 Å². The van der Waals surface area contributed by atoms with Gasteiger partial charge in [0.2, 0.25) is 0 Å². The number of imidazole rings is 1. The molecule has 0 spiro atoms. The normalized spacial score (nSPS) is 22.0. The molecule has 0 saturated carbocycles. The van der Waals surface area contributed by atoms with Gasteiger partial charge in [0.25, 0.3) is 12.0 Å². The average molecular weight is 767 g/mol. The highest BCUT2D eigenvalue weighted by Gasteiger charge is 2.55. The number of pyridine rings is 1. The van der Waals surface area contributed by atoms with Crippen molar-refractivity contribution in [2.75, 3.05) is 6.61 Å². The fourth-order valence-corrected chi connectivity index (χ4v) is 8.85. The Hall–Kier alpha value is -1.53. The highest BCUT2D eigenvalue weighted by atomic mass is 79.9. The minimum absolute atomic E-state index is 0.0333. The van der Waals surface area contributed by atoms with E-state index < -0.39 is 49.5 Å². The van der Waals surface area contributed by atoms with Crippen LogP contribution in [-0.4, -0.2) is 69.4 Å². The number of fused-ring (bicyclic) bond motifs is 1. The second-order valence-electron chi connectivity index (χ2n) is 17.4. The second kappa shape index (κ2) is 13.0. The third-order valence-electron chi connectivity index (χ3n) is 11.0. The molecule has 0 amide bonds. The molecular weight excluding hydrogens is 711 g/mol. The van der Waals surface area contributed by atoms with Gasteiger partial charge in [-0.1, -0.05) is 62.3 Å². The first-order valence-corrected chi connectivity index (χ1v) is 26.0. The van der Waals surface area contributed by atoms with Crippen LogP contribution in [0.3, 0.4) is 0 Å². The van der Waals surface area contributed by atoms with Gasteiger partial charge in [0.15, 0.2) is 42.4 Å². The van der Waals surface area contributed by atoms with E-state index in [2.05, 4.69) is 127 Å². The molecule has 10 nitrogen and oxygen atoms in total. The minimum Gasteiger partial charge on any atom is -0.710 e. The number of nitrogens with zero attached hydrogens (tertiary/aromatic N) is 5. The van der Waals surface area contributed by atoms with Crippen molar-refractivity contribution >= 4 is 52.0 Å². The van der Waals surface area contributed by atoms with Gasteiger partial charge in [0, 0.05) is 6.20 Å². The summed E-state index contributed by atoms with van der Waals surface area (Å²) in [6.45, 7) is 34.2. The molecule has 47 heavy (non-hydrogen) atoms. The molecule has 0 N–H and O–H groups in total. The van der Waals surface area contributed by atoms with E-state index in [1.807, 2.05) is 10.6 Å². The lowest BCUT2D eigenvalue weighted by molar-refractivity contribution is -0.595. The smallest absolute Gasteiger partial charge is 0.292 e. The van der Waals surface area contributed by atoms with Crippen molar-refractivity contribution in [3.63, 3.8) is 0 Å². The summed E-state index contributed by atoms with van der Waals surface area (Å²) in [5.74, 6) is 0. The van der Waals surface area contributed by atoms with Crippen LogP contribution in [0.1, 0.15) is 68.5 Å². The van der Waals surface area contributed by atoms with E-state index in [0.717, 1.165) is 4.73 Å². The molecule has 0 radical (unpaired) electrons. The summed E-state index contributed by atoms with van der Waals surface area (Å²) < 4.78 is 31.7. The quantitative estimate of drug-likeness (QED) is 0.0923. The predicted molar refractivity (Wildman–Crippen MR) is 199 cm³/mol. The molecule has 3 aromatic heterocycles. The van der Waals surface area contributed by atoms with Gasteiger partial charge in [-0.15, -0.1) is 0 Å². The molecule has 4 atom stereocenters. The molecule has 1 saturated heterocycles. The second-order valence-corrected chi connectivity index (χ2v) is 32.5. The summed E-state index contributed by atoms with van der Waals surface area (Å²) in [4.78, 5) is 13.7. The van der Waals surface area contributed by atoms with Crippen LogP contribution in [-0.2, 0) is 18.0 Å². The molecule has 0 bridgehead atoms. The largest absolute Gasteiger partial charge is 0.710 e. The first kappa shape index (κ1) is 38.3. The molecule has 3 aromatic rings. The van der Waals surface area contributed by atoms with Crippen molar-refractivity contribution in [1.29, 1.82) is 0 Å². The molecular formula is C33H56BrN5O5Si3. The molecule has 4 heterocycles. The Kier molecular flexibility index (Phi) is 10.6. The summed E-state index contributed by atoms with van der Waals surface area (Å²) in [5.41, 5.74) is 1.96. The monoisotopic (exact) mass is 765 g/mol. The number of ether oxygens (including phenoxy) is 1. The molecule has 14 heteroatoms. The van der Waals surface area contributed by atoms with Crippen LogP contribution in [0.5, 0.6) is 0 Å². The first-order chi connectivity index (χ1) is 21.3. The number of hydrogen-bond acceptors (Lipinski definition) is 8. The zero-order valence-electron chi connectivity index (χ0n) is 31.1. The molecule has 0 aromatic carbocycles. The average Bonchev–Trinajstić information content (AvgIpc) is 3.47. The molecule has 262 valence electrons. The maximum atomic E-state index is 13.2. The highest BCUT2D eigenvalue weighted by Crippen LogP contribution is 2.47. The van der Waals surface area contributed by atoms with E-state index in [-0.39, 0.29) is 15.1 Å². The van der Waals surface area contributed by atoms with Gasteiger partial charge in [0.05, 0.1) is 12.2 Å². The molecule has 1 aliphatic rings. The van der Waals surface area contributed by atoms with Gasteiger partial charge < -0.3 is 23.2 Å². The zero-order chi connectivity index (χ0) is 35.5. The van der Waals surface area contributed by atoms with Gasteiger partial charge in [-0.3, -0.25) is 4.57 Å². The molecule has 4 rings (SSSR count). The van der Waals surface area contributed by atoms with Gasteiger partial charge in [-0.05, 0) is 87.4 Å². The summed E-state index contributed by atoms with van der Waals surface area (Å²) >= 11 is 3.51. The third kappa shape index (κ3) is 7.64. The van der Waals surface area contributed by atoms with Crippen molar-refractivity contribution in [3.05, 3.63) is 40.8 Å². The fraction of sp³-hybridized carbons (Fsp3) is 0.697. The zero-order valence-corrected chi connectivity index (χ0v) is 35.6. The number of rotatable bonds is 9. The summed E-state index contributed by atoms with van der Waals surface area (Å²) in [6, 6.07) is 3.63. The Morgan fingerprint density at radius 3 is 1.94 bits per heavy atom. The molecule has 0 unspecified atom stereocenters. The maximum absolute atomic E-state index is 13.2. The van der Waals surface area contributed by atoms with Crippen LogP contribution in [0.2, 0.25) is 54.4 Å². The molecule has 1 aliphatic heterocycles. The van der Waals surface area contributed by atoms with Crippen molar-refractivity contribution < 1.29 is 22.7 Å². The molecule has 1 fully saturated rings. The van der Waals surface area contributed by atoms with E-state index in [0.29, 0.717) is 33.6 Å². The number of aromatic nitrogens is 5. The Balaban J connectivity index is 1.90.